The van der Waals surface area contributed by atoms with Gasteiger partial charge in [0, 0.05) is 19.1 Å². The Balaban J connectivity index is 0.00000225. The van der Waals surface area contributed by atoms with Gasteiger partial charge in [-0.2, -0.15) is 4.31 Å². The number of nitrogens with one attached hydrogen (secondary N) is 1. The van der Waals surface area contributed by atoms with Crippen LogP contribution in [0.4, 0.5) is 0 Å². The summed E-state index contributed by atoms with van der Waals surface area (Å²) in [4.78, 5) is 11.4. The van der Waals surface area contributed by atoms with E-state index in [0.29, 0.717) is 19.5 Å². The van der Waals surface area contributed by atoms with Crippen LogP contribution in [-0.2, 0) is 14.8 Å². The second-order valence-corrected chi connectivity index (χ2v) is 5.80. The lowest BCUT2D eigenvalue weighted by Gasteiger charge is -2.16. The van der Waals surface area contributed by atoms with Crippen molar-refractivity contribution in [1.29, 1.82) is 0 Å². The zero-order valence-corrected chi connectivity index (χ0v) is 10.8. The SMILES string of the molecule is C[C@@H](CN)NC(=O)CN1CCCS1(=O)=O.Cl. The summed E-state index contributed by atoms with van der Waals surface area (Å²) in [5.41, 5.74) is 5.34. The molecule has 1 atom stereocenters. The molecule has 1 heterocycles. The van der Waals surface area contributed by atoms with Gasteiger partial charge in [-0.05, 0) is 13.3 Å². The molecule has 0 aromatic rings. The van der Waals surface area contributed by atoms with Crippen LogP contribution in [0.3, 0.4) is 0 Å². The largest absolute Gasteiger partial charge is 0.351 e. The van der Waals surface area contributed by atoms with Gasteiger partial charge in [-0.15, -0.1) is 12.4 Å². The summed E-state index contributed by atoms with van der Waals surface area (Å²) >= 11 is 0. The molecule has 0 spiro atoms. The van der Waals surface area contributed by atoms with E-state index in [1.807, 2.05) is 0 Å². The molecular weight excluding hydrogens is 254 g/mol. The number of halogens is 1. The van der Waals surface area contributed by atoms with Gasteiger partial charge in [-0.25, -0.2) is 8.42 Å². The molecule has 1 saturated heterocycles. The number of carbonyl (C=O) groups is 1. The molecule has 0 aromatic carbocycles. The van der Waals surface area contributed by atoms with E-state index in [-0.39, 0.29) is 36.7 Å². The van der Waals surface area contributed by atoms with Gasteiger partial charge < -0.3 is 11.1 Å². The first kappa shape index (κ1) is 15.6. The van der Waals surface area contributed by atoms with Gasteiger partial charge in [-0.1, -0.05) is 0 Å². The van der Waals surface area contributed by atoms with Crippen molar-refractivity contribution in [3.05, 3.63) is 0 Å². The summed E-state index contributed by atoms with van der Waals surface area (Å²) in [7, 11) is -3.18. The van der Waals surface area contributed by atoms with Crippen molar-refractivity contribution in [3.63, 3.8) is 0 Å². The van der Waals surface area contributed by atoms with E-state index in [1.165, 1.54) is 4.31 Å². The minimum absolute atomic E-state index is 0. The Bertz CT molecular complexity index is 333. The van der Waals surface area contributed by atoms with Gasteiger partial charge in [0.25, 0.3) is 0 Å². The van der Waals surface area contributed by atoms with E-state index in [9.17, 15) is 13.2 Å². The molecule has 1 aliphatic rings. The molecule has 0 radical (unpaired) electrons. The molecule has 16 heavy (non-hydrogen) atoms. The van der Waals surface area contributed by atoms with E-state index in [1.54, 1.807) is 6.92 Å². The van der Waals surface area contributed by atoms with Crippen LogP contribution in [0.1, 0.15) is 13.3 Å². The minimum atomic E-state index is -3.18. The number of amides is 1. The first-order valence-electron chi connectivity index (χ1n) is 4.93. The maximum atomic E-state index is 11.4. The number of nitrogens with zero attached hydrogens (tertiary/aromatic N) is 1. The van der Waals surface area contributed by atoms with Crippen LogP contribution in [0.25, 0.3) is 0 Å². The maximum Gasteiger partial charge on any atom is 0.235 e. The monoisotopic (exact) mass is 271 g/mol. The third kappa shape index (κ3) is 4.25. The minimum Gasteiger partial charge on any atom is -0.351 e. The van der Waals surface area contributed by atoms with Crippen molar-refractivity contribution in [2.45, 2.75) is 19.4 Å². The average Bonchev–Trinajstić information content (AvgIpc) is 2.45. The van der Waals surface area contributed by atoms with Gasteiger partial charge in [0.2, 0.25) is 15.9 Å². The number of rotatable bonds is 4. The fraction of sp³-hybridized carbons (Fsp3) is 0.875. The molecule has 1 aliphatic heterocycles. The smallest absolute Gasteiger partial charge is 0.235 e. The molecule has 0 aliphatic carbocycles. The predicted molar refractivity (Wildman–Crippen MR) is 63.9 cm³/mol. The molecule has 1 fully saturated rings. The van der Waals surface area contributed by atoms with E-state index in [0.717, 1.165) is 0 Å². The third-order valence-electron chi connectivity index (χ3n) is 2.28. The molecule has 8 heteroatoms. The van der Waals surface area contributed by atoms with E-state index in [4.69, 9.17) is 5.73 Å². The number of carbonyl (C=O) groups excluding carboxylic acids is 1. The molecule has 1 amide bonds. The highest BCUT2D eigenvalue weighted by Gasteiger charge is 2.29. The first-order chi connectivity index (χ1) is 6.95. The number of hydrogen-bond donors (Lipinski definition) is 2. The lowest BCUT2D eigenvalue weighted by molar-refractivity contribution is -0.121. The highest BCUT2D eigenvalue weighted by atomic mass is 35.5. The van der Waals surface area contributed by atoms with Gasteiger partial charge in [0.15, 0.2) is 0 Å². The van der Waals surface area contributed by atoms with Crippen LogP contribution in [0.15, 0.2) is 0 Å². The Morgan fingerprint density at radius 1 is 1.56 bits per heavy atom. The average molecular weight is 272 g/mol. The molecular formula is C8H18ClN3O3S. The maximum absolute atomic E-state index is 11.4. The topological polar surface area (TPSA) is 92.5 Å². The Labute approximate surface area is 102 Å². The number of hydrogen-bond acceptors (Lipinski definition) is 4. The molecule has 0 aromatic heterocycles. The van der Waals surface area contributed by atoms with Crippen LogP contribution in [0.5, 0.6) is 0 Å². The van der Waals surface area contributed by atoms with Gasteiger partial charge in [0.1, 0.15) is 0 Å². The summed E-state index contributed by atoms with van der Waals surface area (Å²) in [5, 5.41) is 2.62. The van der Waals surface area contributed by atoms with Gasteiger partial charge in [-0.3, -0.25) is 4.79 Å². The van der Waals surface area contributed by atoms with Crippen LogP contribution in [0.2, 0.25) is 0 Å². The second kappa shape index (κ2) is 6.39. The second-order valence-electron chi connectivity index (χ2n) is 3.71. The fourth-order valence-corrected chi connectivity index (χ4v) is 2.88. The van der Waals surface area contributed by atoms with Crippen molar-refractivity contribution in [2.24, 2.45) is 5.73 Å². The van der Waals surface area contributed by atoms with Crippen LogP contribution in [0, 0.1) is 0 Å². The zero-order chi connectivity index (χ0) is 11.5. The van der Waals surface area contributed by atoms with Crippen LogP contribution >= 0.6 is 12.4 Å². The lowest BCUT2D eigenvalue weighted by atomic mass is 10.3. The summed E-state index contributed by atoms with van der Waals surface area (Å²) in [6.45, 7) is 2.47. The Morgan fingerprint density at radius 2 is 2.19 bits per heavy atom. The fourth-order valence-electron chi connectivity index (χ4n) is 1.41. The lowest BCUT2D eigenvalue weighted by Crippen LogP contribution is -2.44. The van der Waals surface area contributed by atoms with Crippen molar-refractivity contribution >= 4 is 28.3 Å². The van der Waals surface area contributed by atoms with E-state index in [2.05, 4.69) is 5.32 Å². The van der Waals surface area contributed by atoms with E-state index < -0.39 is 10.0 Å². The van der Waals surface area contributed by atoms with Crippen molar-refractivity contribution < 1.29 is 13.2 Å². The van der Waals surface area contributed by atoms with Gasteiger partial charge >= 0.3 is 0 Å². The summed E-state index contributed by atoms with van der Waals surface area (Å²) in [6, 6.07) is -0.122. The Hall–Kier alpha value is -0.370. The molecule has 3 N–H and O–H groups in total. The van der Waals surface area contributed by atoms with Crippen molar-refractivity contribution in [3.8, 4) is 0 Å². The van der Waals surface area contributed by atoms with Gasteiger partial charge in [0.05, 0.1) is 12.3 Å². The molecule has 0 bridgehead atoms. The third-order valence-corrected chi connectivity index (χ3v) is 4.19. The predicted octanol–water partition coefficient (Wildman–Crippen LogP) is -1.09. The molecule has 6 nitrogen and oxygen atoms in total. The molecule has 0 saturated carbocycles. The number of sulfonamides is 1. The van der Waals surface area contributed by atoms with E-state index >= 15 is 0 Å². The molecule has 1 rings (SSSR count). The Kier molecular flexibility index (Phi) is 6.24. The Morgan fingerprint density at radius 3 is 2.62 bits per heavy atom. The van der Waals surface area contributed by atoms with Crippen molar-refractivity contribution in [2.75, 3.05) is 25.4 Å². The number of nitrogens with two attached hydrogens (primary N) is 1. The van der Waals surface area contributed by atoms with Crippen molar-refractivity contribution in [1.82, 2.24) is 9.62 Å². The zero-order valence-electron chi connectivity index (χ0n) is 9.18. The summed E-state index contributed by atoms with van der Waals surface area (Å²) in [6.07, 6.45) is 0.599. The quantitative estimate of drug-likeness (QED) is 0.679. The molecule has 0 unspecified atom stereocenters. The highest BCUT2D eigenvalue weighted by molar-refractivity contribution is 7.89. The standard InChI is InChI=1S/C8H17N3O3S.ClH/c1-7(5-9)10-8(12)6-11-3-2-4-15(11,13)14;/h7H,2-6,9H2,1H3,(H,10,12);1H/t7-;/m0./s1. The van der Waals surface area contributed by atoms with Crippen LogP contribution < -0.4 is 11.1 Å². The first-order valence-corrected chi connectivity index (χ1v) is 6.54. The highest BCUT2D eigenvalue weighted by Crippen LogP contribution is 2.12. The van der Waals surface area contributed by atoms with Crippen LogP contribution in [-0.4, -0.2) is 50.1 Å². The summed E-state index contributed by atoms with van der Waals surface area (Å²) < 4.78 is 24.0. The normalized spacial score (nSPS) is 21.1. The molecule has 96 valence electrons. The summed E-state index contributed by atoms with van der Waals surface area (Å²) in [5.74, 6) is -0.148.